The Morgan fingerprint density at radius 1 is 0.923 bits per heavy atom. The van der Waals surface area contributed by atoms with Crippen LogP contribution in [0.1, 0.15) is 24.0 Å². The summed E-state index contributed by atoms with van der Waals surface area (Å²) in [6.45, 7) is 3.37. The molecule has 0 aliphatic rings. The molecule has 0 saturated carbocycles. The maximum atomic E-state index is 6.08. The third kappa shape index (κ3) is 3.31. The number of hydrogen-bond acceptors (Lipinski definition) is 3. The molecule has 130 valence electrons. The molecule has 0 unspecified atom stereocenters. The lowest BCUT2D eigenvalue weighted by atomic mass is 10.2. The number of aromatic nitrogens is 3. The maximum Gasteiger partial charge on any atom is 0.147 e. The number of imidazole rings is 1. The van der Waals surface area contributed by atoms with Crippen LogP contribution in [0.3, 0.4) is 0 Å². The second-order valence-electron chi connectivity index (χ2n) is 6.19. The molecule has 4 nitrogen and oxygen atoms in total. The third-order valence-electron chi connectivity index (χ3n) is 4.42. The summed E-state index contributed by atoms with van der Waals surface area (Å²) >= 11 is 0. The summed E-state index contributed by atoms with van der Waals surface area (Å²) in [5.41, 5.74) is 4.17. The van der Waals surface area contributed by atoms with Crippen molar-refractivity contribution in [3.8, 4) is 5.75 Å². The normalized spacial score (nSPS) is 11.0. The van der Waals surface area contributed by atoms with E-state index in [9.17, 15) is 0 Å². The van der Waals surface area contributed by atoms with Crippen molar-refractivity contribution < 1.29 is 4.74 Å². The van der Waals surface area contributed by atoms with Crippen LogP contribution in [0.4, 0.5) is 0 Å². The Morgan fingerprint density at radius 3 is 2.54 bits per heavy atom. The van der Waals surface area contributed by atoms with Crippen LogP contribution in [0, 0.1) is 0 Å². The molecule has 0 bridgehead atoms. The van der Waals surface area contributed by atoms with Gasteiger partial charge in [0.1, 0.15) is 23.7 Å². The van der Waals surface area contributed by atoms with Crippen LogP contribution in [0.5, 0.6) is 5.75 Å². The van der Waals surface area contributed by atoms with E-state index in [0.29, 0.717) is 13.2 Å². The number of aryl methyl sites for hydroxylation is 1. The van der Waals surface area contributed by atoms with Crippen molar-refractivity contribution in [1.29, 1.82) is 0 Å². The number of hydrogen-bond donors (Lipinski definition) is 0. The fourth-order valence-electron chi connectivity index (χ4n) is 3.12. The molecule has 0 atom stereocenters. The van der Waals surface area contributed by atoms with Gasteiger partial charge in [0, 0.05) is 12.6 Å². The first-order valence-electron chi connectivity index (χ1n) is 8.90. The number of nitrogens with zero attached hydrogens (tertiary/aromatic N) is 3. The molecule has 0 saturated heterocycles. The molecule has 0 amide bonds. The van der Waals surface area contributed by atoms with Gasteiger partial charge in [-0.3, -0.25) is 4.98 Å². The lowest BCUT2D eigenvalue weighted by molar-refractivity contribution is 0.309. The average molecular weight is 343 g/mol. The summed E-state index contributed by atoms with van der Waals surface area (Å²) < 4.78 is 8.31. The number of para-hydroxylation sites is 1. The highest BCUT2D eigenvalue weighted by atomic mass is 16.5. The van der Waals surface area contributed by atoms with E-state index in [4.69, 9.17) is 9.72 Å². The Labute approximate surface area is 153 Å². The first kappa shape index (κ1) is 16.3. The van der Waals surface area contributed by atoms with E-state index in [-0.39, 0.29) is 0 Å². The lowest BCUT2D eigenvalue weighted by Crippen LogP contribution is -2.05. The predicted octanol–water partition coefficient (Wildman–Crippen LogP) is 4.62. The van der Waals surface area contributed by atoms with Crippen LogP contribution >= 0.6 is 0 Å². The highest BCUT2D eigenvalue weighted by molar-refractivity contribution is 5.82. The summed E-state index contributed by atoms with van der Waals surface area (Å²) in [6.07, 6.45) is 2.69. The van der Waals surface area contributed by atoms with Gasteiger partial charge < -0.3 is 9.30 Å². The molecule has 0 radical (unpaired) electrons. The summed E-state index contributed by atoms with van der Waals surface area (Å²) in [5, 5.41) is 0. The van der Waals surface area contributed by atoms with Crippen LogP contribution in [0.15, 0.2) is 72.9 Å². The number of fused-ring (bicyclic) bond motifs is 1. The quantitative estimate of drug-likeness (QED) is 0.513. The van der Waals surface area contributed by atoms with Gasteiger partial charge in [-0.2, -0.15) is 0 Å². The molecule has 2 aromatic carbocycles. The molecule has 0 aliphatic carbocycles. The summed E-state index contributed by atoms with van der Waals surface area (Å²) in [6, 6.07) is 22.3. The maximum absolute atomic E-state index is 6.08. The van der Waals surface area contributed by atoms with E-state index >= 15 is 0 Å². The molecule has 0 N–H and O–H groups in total. The monoisotopic (exact) mass is 343 g/mol. The molecule has 26 heavy (non-hydrogen) atoms. The molecule has 2 heterocycles. The zero-order valence-corrected chi connectivity index (χ0v) is 14.8. The van der Waals surface area contributed by atoms with Crippen LogP contribution in [0.2, 0.25) is 0 Å². The Bertz CT molecular complexity index is 994. The molecule has 2 aromatic heterocycles. The van der Waals surface area contributed by atoms with Crippen molar-refractivity contribution >= 4 is 11.0 Å². The number of pyridine rings is 1. The zero-order chi connectivity index (χ0) is 17.8. The Balaban J connectivity index is 1.68. The van der Waals surface area contributed by atoms with Gasteiger partial charge in [-0.15, -0.1) is 0 Å². The average Bonchev–Trinajstić information content (AvgIpc) is 3.06. The molecule has 0 aliphatic heterocycles. The van der Waals surface area contributed by atoms with Crippen molar-refractivity contribution in [3.05, 3.63) is 90.0 Å². The van der Waals surface area contributed by atoms with Gasteiger partial charge in [-0.1, -0.05) is 49.4 Å². The summed E-state index contributed by atoms with van der Waals surface area (Å²) in [4.78, 5) is 9.30. The molecule has 4 aromatic rings. The van der Waals surface area contributed by atoms with Crippen LogP contribution in [-0.2, 0) is 19.6 Å². The van der Waals surface area contributed by atoms with E-state index in [2.05, 4.69) is 34.7 Å². The summed E-state index contributed by atoms with van der Waals surface area (Å²) in [7, 11) is 0. The molecular weight excluding hydrogens is 322 g/mol. The predicted molar refractivity (Wildman–Crippen MR) is 103 cm³/mol. The van der Waals surface area contributed by atoms with Crippen molar-refractivity contribution in [2.75, 3.05) is 0 Å². The highest BCUT2D eigenvalue weighted by Crippen LogP contribution is 2.27. The SMILES string of the molecule is CCc1nc2c(OCc3ccccc3)cccc2n1Cc1ccccn1. The van der Waals surface area contributed by atoms with Crippen molar-refractivity contribution in [1.82, 2.24) is 14.5 Å². The van der Waals surface area contributed by atoms with Gasteiger partial charge in [-0.05, 0) is 29.8 Å². The van der Waals surface area contributed by atoms with Gasteiger partial charge >= 0.3 is 0 Å². The molecular formula is C22H21N3O. The van der Waals surface area contributed by atoms with Crippen LogP contribution in [-0.4, -0.2) is 14.5 Å². The highest BCUT2D eigenvalue weighted by Gasteiger charge is 2.14. The smallest absolute Gasteiger partial charge is 0.147 e. The van der Waals surface area contributed by atoms with Crippen LogP contribution < -0.4 is 4.74 Å². The first-order valence-corrected chi connectivity index (χ1v) is 8.90. The topological polar surface area (TPSA) is 39.9 Å². The minimum absolute atomic E-state index is 0.536. The number of rotatable bonds is 6. The Hall–Kier alpha value is -3.14. The second-order valence-corrected chi connectivity index (χ2v) is 6.19. The van der Waals surface area contributed by atoms with E-state index in [1.807, 2.05) is 54.7 Å². The van der Waals surface area contributed by atoms with E-state index in [1.165, 1.54) is 0 Å². The molecule has 4 heteroatoms. The Kier molecular flexibility index (Phi) is 4.65. The standard InChI is InChI=1S/C22H21N3O/c1-2-21-24-22-19(25(21)15-18-11-6-7-14-23-18)12-8-13-20(22)26-16-17-9-4-3-5-10-17/h3-14H,2,15-16H2,1H3. The van der Waals surface area contributed by atoms with Crippen molar-refractivity contribution in [2.45, 2.75) is 26.5 Å². The molecule has 0 spiro atoms. The van der Waals surface area contributed by atoms with Gasteiger partial charge in [0.2, 0.25) is 0 Å². The Morgan fingerprint density at radius 2 is 1.77 bits per heavy atom. The lowest BCUT2D eigenvalue weighted by Gasteiger charge is -2.09. The molecule has 0 fully saturated rings. The summed E-state index contributed by atoms with van der Waals surface area (Å²) in [5.74, 6) is 1.86. The fraction of sp³-hybridized carbons (Fsp3) is 0.182. The fourth-order valence-corrected chi connectivity index (χ4v) is 3.12. The van der Waals surface area contributed by atoms with Gasteiger partial charge in [0.25, 0.3) is 0 Å². The van der Waals surface area contributed by atoms with Gasteiger partial charge in [0.05, 0.1) is 17.8 Å². The number of benzene rings is 2. The van der Waals surface area contributed by atoms with Crippen LogP contribution in [0.25, 0.3) is 11.0 Å². The van der Waals surface area contributed by atoms with E-state index < -0.39 is 0 Å². The minimum atomic E-state index is 0.536. The molecule has 4 rings (SSSR count). The van der Waals surface area contributed by atoms with E-state index in [0.717, 1.165) is 40.3 Å². The minimum Gasteiger partial charge on any atom is -0.487 e. The third-order valence-corrected chi connectivity index (χ3v) is 4.42. The van der Waals surface area contributed by atoms with Gasteiger partial charge in [-0.25, -0.2) is 4.98 Å². The van der Waals surface area contributed by atoms with Crippen molar-refractivity contribution in [2.24, 2.45) is 0 Å². The van der Waals surface area contributed by atoms with Crippen molar-refractivity contribution in [3.63, 3.8) is 0 Å². The largest absolute Gasteiger partial charge is 0.487 e. The first-order chi connectivity index (χ1) is 12.8. The zero-order valence-electron chi connectivity index (χ0n) is 14.8. The second kappa shape index (κ2) is 7.40. The van der Waals surface area contributed by atoms with E-state index in [1.54, 1.807) is 0 Å². The van der Waals surface area contributed by atoms with Gasteiger partial charge in [0.15, 0.2) is 0 Å². The number of ether oxygens (including phenoxy) is 1.